The third-order valence-electron chi connectivity index (χ3n) is 3.78. The summed E-state index contributed by atoms with van der Waals surface area (Å²) >= 11 is 0. The van der Waals surface area contributed by atoms with Crippen molar-refractivity contribution < 1.29 is 14.6 Å². The molecule has 1 saturated carbocycles. The van der Waals surface area contributed by atoms with Crippen LogP contribution < -0.4 is 15.8 Å². The first-order valence-corrected chi connectivity index (χ1v) is 7.37. The lowest BCUT2D eigenvalue weighted by atomic mass is 9.93. The average molecular weight is 292 g/mol. The molecule has 4 N–H and O–H groups in total. The van der Waals surface area contributed by atoms with Crippen LogP contribution in [-0.4, -0.2) is 28.7 Å². The van der Waals surface area contributed by atoms with Crippen molar-refractivity contribution >= 4 is 5.91 Å². The van der Waals surface area contributed by atoms with Crippen molar-refractivity contribution in [1.29, 1.82) is 0 Å². The summed E-state index contributed by atoms with van der Waals surface area (Å²) in [7, 11) is 0. The molecule has 2 rings (SSSR count). The first kappa shape index (κ1) is 15.8. The van der Waals surface area contributed by atoms with Crippen LogP contribution in [0.1, 0.15) is 38.7 Å². The minimum Gasteiger partial charge on any atom is -0.491 e. The highest BCUT2D eigenvalue weighted by Crippen LogP contribution is 2.26. The lowest BCUT2D eigenvalue weighted by Crippen LogP contribution is -2.55. The van der Waals surface area contributed by atoms with Gasteiger partial charge in [-0.3, -0.25) is 4.79 Å². The largest absolute Gasteiger partial charge is 0.491 e. The van der Waals surface area contributed by atoms with E-state index in [-0.39, 0.29) is 18.6 Å². The van der Waals surface area contributed by atoms with Gasteiger partial charge < -0.3 is 20.9 Å². The molecule has 116 valence electrons. The molecule has 0 aromatic heterocycles. The number of rotatable bonds is 8. The van der Waals surface area contributed by atoms with Crippen LogP contribution >= 0.6 is 0 Å². The molecule has 0 bridgehead atoms. The first-order valence-electron chi connectivity index (χ1n) is 7.37. The highest BCUT2D eigenvalue weighted by atomic mass is 16.5. The minimum atomic E-state index is -0.744. The Bertz CT molecular complexity index is 485. The maximum Gasteiger partial charge on any atom is 0.237 e. The molecule has 5 nitrogen and oxygen atoms in total. The van der Waals surface area contributed by atoms with Gasteiger partial charge in [0, 0.05) is 12.5 Å². The van der Waals surface area contributed by atoms with Crippen molar-refractivity contribution in [2.45, 2.75) is 57.4 Å². The smallest absolute Gasteiger partial charge is 0.237 e. The fraction of sp³-hybridized carbons (Fsp3) is 0.562. The fourth-order valence-corrected chi connectivity index (χ4v) is 2.43. The van der Waals surface area contributed by atoms with Gasteiger partial charge in [-0.05, 0) is 44.4 Å². The van der Waals surface area contributed by atoms with E-state index < -0.39 is 5.54 Å². The zero-order valence-corrected chi connectivity index (χ0v) is 12.6. The Hall–Kier alpha value is -1.59. The van der Waals surface area contributed by atoms with Crippen LogP contribution in [0.2, 0.25) is 0 Å². The highest BCUT2D eigenvalue weighted by molar-refractivity contribution is 5.84. The Kier molecular flexibility index (Phi) is 4.85. The molecule has 21 heavy (non-hydrogen) atoms. The van der Waals surface area contributed by atoms with Crippen molar-refractivity contribution in [2.24, 2.45) is 5.73 Å². The van der Waals surface area contributed by atoms with Crippen LogP contribution in [0.3, 0.4) is 0 Å². The van der Waals surface area contributed by atoms with E-state index in [1.165, 1.54) is 0 Å². The number of carbonyl (C=O) groups is 1. The summed E-state index contributed by atoms with van der Waals surface area (Å²) in [6.07, 6.45) is 2.57. The number of hydrogen-bond donors (Lipinski definition) is 3. The zero-order valence-electron chi connectivity index (χ0n) is 12.6. The van der Waals surface area contributed by atoms with E-state index in [1.54, 1.807) is 0 Å². The molecule has 1 aliphatic rings. The van der Waals surface area contributed by atoms with E-state index in [1.807, 2.05) is 38.1 Å². The van der Waals surface area contributed by atoms with Gasteiger partial charge >= 0.3 is 0 Å². The lowest BCUT2D eigenvalue weighted by Gasteiger charge is -2.30. The normalized spacial score (nSPS) is 18.8. The number of aliphatic hydroxyl groups excluding tert-OH is 1. The Morgan fingerprint density at radius 3 is 2.57 bits per heavy atom. The molecule has 1 amide bonds. The quantitative estimate of drug-likeness (QED) is 0.675. The van der Waals surface area contributed by atoms with Crippen LogP contribution in [-0.2, 0) is 11.4 Å². The van der Waals surface area contributed by atoms with Gasteiger partial charge in [-0.1, -0.05) is 12.1 Å². The predicted octanol–water partition coefficient (Wildman–Crippen LogP) is 1.33. The standard InChI is InChI=1S/C16H24N2O3/c1-11(21-14-7-3-12(10-19)4-8-14)9-16(2,15(17)20)18-13-5-6-13/h3-4,7-8,11,13,18-19H,5-6,9-10H2,1-2H3,(H2,17,20). The van der Waals surface area contributed by atoms with Crippen molar-refractivity contribution in [2.75, 3.05) is 0 Å². The molecule has 0 aliphatic heterocycles. The minimum absolute atomic E-state index is 0.0148. The lowest BCUT2D eigenvalue weighted by molar-refractivity contribution is -0.124. The van der Waals surface area contributed by atoms with E-state index in [2.05, 4.69) is 5.32 Å². The van der Waals surface area contributed by atoms with Crippen LogP contribution in [0.4, 0.5) is 0 Å². The van der Waals surface area contributed by atoms with Crippen LogP contribution in [0.5, 0.6) is 5.75 Å². The number of nitrogens with two attached hydrogens (primary N) is 1. The Labute approximate surface area is 125 Å². The molecule has 1 aromatic rings. The maximum atomic E-state index is 11.7. The summed E-state index contributed by atoms with van der Waals surface area (Å²) in [4.78, 5) is 11.7. The molecule has 0 saturated heterocycles. The van der Waals surface area contributed by atoms with Crippen LogP contribution in [0, 0.1) is 0 Å². The van der Waals surface area contributed by atoms with E-state index >= 15 is 0 Å². The maximum absolute atomic E-state index is 11.7. The topological polar surface area (TPSA) is 84.6 Å². The molecule has 0 radical (unpaired) electrons. The van der Waals surface area contributed by atoms with Crippen molar-refractivity contribution in [3.63, 3.8) is 0 Å². The molecule has 1 aliphatic carbocycles. The molecule has 1 fully saturated rings. The number of carbonyl (C=O) groups excluding carboxylic acids is 1. The van der Waals surface area contributed by atoms with Gasteiger partial charge in [0.05, 0.1) is 18.2 Å². The van der Waals surface area contributed by atoms with Gasteiger partial charge in [-0.15, -0.1) is 0 Å². The second-order valence-corrected chi connectivity index (χ2v) is 6.05. The van der Waals surface area contributed by atoms with Crippen molar-refractivity contribution in [3.8, 4) is 5.75 Å². The van der Waals surface area contributed by atoms with E-state index in [0.717, 1.165) is 24.2 Å². The zero-order chi connectivity index (χ0) is 15.5. The number of nitrogens with one attached hydrogen (secondary N) is 1. The Morgan fingerprint density at radius 2 is 2.10 bits per heavy atom. The van der Waals surface area contributed by atoms with Gasteiger partial charge in [0.25, 0.3) is 0 Å². The third kappa shape index (κ3) is 4.44. The number of benzene rings is 1. The van der Waals surface area contributed by atoms with Gasteiger partial charge in [-0.25, -0.2) is 0 Å². The Balaban J connectivity index is 1.94. The summed E-state index contributed by atoms with van der Waals surface area (Å²) in [6.45, 7) is 3.78. The molecule has 5 heteroatoms. The average Bonchev–Trinajstić information content (AvgIpc) is 3.22. The van der Waals surface area contributed by atoms with Gasteiger partial charge in [-0.2, -0.15) is 0 Å². The van der Waals surface area contributed by atoms with Gasteiger partial charge in [0.15, 0.2) is 0 Å². The van der Waals surface area contributed by atoms with Gasteiger partial charge in [0.1, 0.15) is 5.75 Å². The molecular formula is C16H24N2O3. The summed E-state index contributed by atoms with van der Waals surface area (Å²) < 4.78 is 5.83. The second-order valence-electron chi connectivity index (χ2n) is 6.05. The van der Waals surface area contributed by atoms with E-state index in [0.29, 0.717) is 12.5 Å². The van der Waals surface area contributed by atoms with Crippen molar-refractivity contribution in [1.82, 2.24) is 5.32 Å². The first-order chi connectivity index (χ1) is 9.93. The number of ether oxygens (including phenoxy) is 1. The fourth-order valence-electron chi connectivity index (χ4n) is 2.43. The third-order valence-corrected chi connectivity index (χ3v) is 3.78. The monoisotopic (exact) mass is 292 g/mol. The number of aliphatic hydroxyl groups is 1. The van der Waals surface area contributed by atoms with E-state index in [4.69, 9.17) is 15.6 Å². The molecule has 2 atom stereocenters. The highest BCUT2D eigenvalue weighted by Gasteiger charge is 2.38. The number of hydrogen-bond acceptors (Lipinski definition) is 4. The summed E-state index contributed by atoms with van der Waals surface area (Å²) in [5.74, 6) is 0.374. The number of primary amides is 1. The van der Waals surface area contributed by atoms with Crippen LogP contribution in [0.15, 0.2) is 24.3 Å². The molecular weight excluding hydrogens is 268 g/mol. The van der Waals surface area contributed by atoms with Crippen LogP contribution in [0.25, 0.3) is 0 Å². The molecule has 0 heterocycles. The molecule has 2 unspecified atom stereocenters. The van der Waals surface area contributed by atoms with Gasteiger partial charge in [0.2, 0.25) is 5.91 Å². The Morgan fingerprint density at radius 1 is 1.48 bits per heavy atom. The summed E-state index contributed by atoms with van der Waals surface area (Å²) in [5.41, 5.74) is 5.64. The number of amides is 1. The predicted molar refractivity (Wildman–Crippen MR) is 80.8 cm³/mol. The van der Waals surface area contributed by atoms with E-state index in [9.17, 15) is 4.79 Å². The molecule has 0 spiro atoms. The summed E-state index contributed by atoms with van der Waals surface area (Å²) in [6, 6.07) is 7.67. The SMILES string of the molecule is CC(CC(C)(NC1CC1)C(N)=O)Oc1ccc(CO)cc1. The van der Waals surface area contributed by atoms with Crippen molar-refractivity contribution in [3.05, 3.63) is 29.8 Å². The second kappa shape index (κ2) is 6.45. The summed E-state index contributed by atoms with van der Waals surface area (Å²) in [5, 5.41) is 12.3. The molecule has 1 aromatic carbocycles.